The van der Waals surface area contributed by atoms with Gasteiger partial charge in [0.2, 0.25) is 0 Å². The molecule has 1 fully saturated rings. The van der Waals surface area contributed by atoms with E-state index in [4.69, 9.17) is 0 Å². The summed E-state index contributed by atoms with van der Waals surface area (Å²) in [6.45, 7) is 17.6. The molecule has 1 rings (SSSR count). The third kappa shape index (κ3) is 40.6. The Bertz CT molecular complexity index is 63.3. The maximum atomic E-state index is 3.22. The second-order valence-corrected chi connectivity index (χ2v) is 4.96. The van der Waals surface area contributed by atoms with E-state index in [1.165, 1.54) is 0 Å². The summed E-state index contributed by atoms with van der Waals surface area (Å²) in [5.74, 6) is 1.67. The predicted octanol–water partition coefficient (Wildman–Crippen LogP) is 2.50. The van der Waals surface area contributed by atoms with Gasteiger partial charge in [-0.05, 0) is 11.8 Å². The molecule has 2 heteroatoms. The van der Waals surface area contributed by atoms with Crippen molar-refractivity contribution in [2.45, 2.75) is 41.5 Å². The van der Waals surface area contributed by atoms with Crippen molar-refractivity contribution in [3.05, 3.63) is 0 Å². The summed E-state index contributed by atoms with van der Waals surface area (Å²) >= 11 is 0. The third-order valence-electron chi connectivity index (χ3n) is 0.957. The zero-order valence-electron chi connectivity index (χ0n) is 11.0. The minimum Gasteiger partial charge on any atom is -0.314 e. The lowest BCUT2D eigenvalue weighted by atomic mass is 10.3. The fourth-order valence-corrected chi connectivity index (χ4v) is 0.604. The Morgan fingerprint density at radius 3 is 0.786 bits per heavy atom. The van der Waals surface area contributed by atoms with Gasteiger partial charge in [-0.25, -0.2) is 0 Å². The van der Waals surface area contributed by atoms with Crippen LogP contribution in [-0.4, -0.2) is 26.2 Å². The van der Waals surface area contributed by atoms with E-state index in [9.17, 15) is 0 Å². The summed E-state index contributed by atoms with van der Waals surface area (Å²) in [7, 11) is 0. The first-order valence-electron chi connectivity index (χ1n) is 5.88. The third-order valence-corrected chi connectivity index (χ3v) is 0.957. The van der Waals surface area contributed by atoms with Crippen molar-refractivity contribution < 1.29 is 0 Å². The molecule has 14 heavy (non-hydrogen) atoms. The van der Waals surface area contributed by atoms with E-state index < -0.39 is 0 Å². The largest absolute Gasteiger partial charge is 0.314 e. The van der Waals surface area contributed by atoms with Crippen molar-refractivity contribution in [1.82, 2.24) is 10.6 Å². The van der Waals surface area contributed by atoms with E-state index in [1.54, 1.807) is 0 Å². The van der Waals surface area contributed by atoms with E-state index in [1.807, 2.05) is 0 Å². The lowest BCUT2D eigenvalue weighted by Gasteiger charge is -2.11. The molecular weight excluding hydrogens is 172 g/mol. The molecule has 1 heterocycles. The summed E-state index contributed by atoms with van der Waals surface area (Å²) in [6.07, 6.45) is 0. The van der Waals surface area contributed by atoms with E-state index in [0.717, 1.165) is 38.0 Å². The van der Waals surface area contributed by atoms with Gasteiger partial charge in [0.1, 0.15) is 0 Å². The molecule has 0 saturated carbocycles. The molecule has 1 saturated heterocycles. The van der Waals surface area contributed by atoms with E-state index in [2.05, 4.69) is 52.2 Å². The Morgan fingerprint density at radius 2 is 0.714 bits per heavy atom. The van der Waals surface area contributed by atoms with Gasteiger partial charge in [-0.2, -0.15) is 0 Å². The molecule has 0 amide bonds. The summed E-state index contributed by atoms with van der Waals surface area (Å²) in [6, 6.07) is 0. The van der Waals surface area contributed by atoms with Gasteiger partial charge in [0, 0.05) is 26.2 Å². The standard InChI is InChI=1S/C4H10N2.2C4H10/c1-2-6-4-3-5-1;2*1-4(2)3/h5-6H,1-4H2;2*4H,1-3H3. The molecule has 1 aliphatic heterocycles. The quantitative estimate of drug-likeness (QED) is 0.631. The van der Waals surface area contributed by atoms with Crippen LogP contribution in [-0.2, 0) is 0 Å². The summed E-state index contributed by atoms with van der Waals surface area (Å²) < 4.78 is 0. The molecule has 0 aromatic heterocycles. The maximum Gasteiger partial charge on any atom is 0.00772 e. The van der Waals surface area contributed by atoms with Crippen LogP contribution in [0.25, 0.3) is 0 Å². The van der Waals surface area contributed by atoms with Crippen LogP contribution < -0.4 is 10.6 Å². The van der Waals surface area contributed by atoms with Crippen molar-refractivity contribution >= 4 is 0 Å². The molecule has 0 atom stereocenters. The highest BCUT2D eigenvalue weighted by atomic mass is 15.0. The van der Waals surface area contributed by atoms with E-state index >= 15 is 0 Å². The fourth-order valence-electron chi connectivity index (χ4n) is 0.604. The number of nitrogens with one attached hydrogen (secondary N) is 2. The van der Waals surface area contributed by atoms with Crippen LogP contribution in [0.2, 0.25) is 0 Å². The molecule has 0 unspecified atom stereocenters. The highest BCUT2D eigenvalue weighted by Crippen LogP contribution is 1.81. The Hall–Kier alpha value is -0.0800. The molecule has 0 spiro atoms. The fraction of sp³-hybridized carbons (Fsp3) is 1.00. The SMILES string of the molecule is C1CNCCN1.CC(C)C.CC(C)C. The average Bonchev–Trinajstić information content (AvgIpc) is 2.05. The average molecular weight is 202 g/mol. The first-order chi connectivity index (χ1) is 6.46. The van der Waals surface area contributed by atoms with Crippen LogP contribution in [0.1, 0.15) is 41.5 Å². The number of rotatable bonds is 0. The van der Waals surface area contributed by atoms with Crippen LogP contribution in [0.4, 0.5) is 0 Å². The lowest BCUT2D eigenvalue weighted by Crippen LogP contribution is -2.39. The number of piperazine rings is 1. The summed E-state index contributed by atoms with van der Waals surface area (Å²) in [5.41, 5.74) is 0. The summed E-state index contributed by atoms with van der Waals surface area (Å²) in [4.78, 5) is 0. The van der Waals surface area contributed by atoms with Gasteiger partial charge in [-0.15, -0.1) is 0 Å². The molecule has 2 N–H and O–H groups in total. The second kappa shape index (κ2) is 12.9. The number of hydrogen-bond acceptors (Lipinski definition) is 2. The van der Waals surface area contributed by atoms with Crippen LogP contribution in [0.15, 0.2) is 0 Å². The first-order valence-corrected chi connectivity index (χ1v) is 5.88. The Labute approximate surface area is 90.9 Å². The smallest absolute Gasteiger partial charge is 0.00772 e. The van der Waals surface area contributed by atoms with Crippen LogP contribution >= 0.6 is 0 Å². The first kappa shape index (κ1) is 16.4. The molecule has 88 valence electrons. The monoisotopic (exact) mass is 202 g/mol. The highest BCUT2D eigenvalue weighted by Gasteiger charge is 1.91. The van der Waals surface area contributed by atoms with Crippen LogP contribution in [0.3, 0.4) is 0 Å². The molecule has 0 aromatic rings. The predicted molar refractivity (Wildman–Crippen MR) is 66.8 cm³/mol. The zero-order chi connectivity index (χ0) is 11.4. The molecule has 2 nitrogen and oxygen atoms in total. The topological polar surface area (TPSA) is 24.1 Å². The Kier molecular flexibility index (Phi) is 15.1. The molecular formula is C12H30N2. The van der Waals surface area contributed by atoms with Crippen molar-refractivity contribution in [3.63, 3.8) is 0 Å². The van der Waals surface area contributed by atoms with Gasteiger partial charge in [-0.1, -0.05) is 41.5 Å². The van der Waals surface area contributed by atoms with Gasteiger partial charge in [0.25, 0.3) is 0 Å². The molecule has 0 aliphatic carbocycles. The van der Waals surface area contributed by atoms with Crippen LogP contribution in [0.5, 0.6) is 0 Å². The highest BCUT2D eigenvalue weighted by molar-refractivity contribution is 4.59. The van der Waals surface area contributed by atoms with Gasteiger partial charge in [0.15, 0.2) is 0 Å². The molecule has 0 radical (unpaired) electrons. The van der Waals surface area contributed by atoms with E-state index in [-0.39, 0.29) is 0 Å². The van der Waals surface area contributed by atoms with Gasteiger partial charge in [0.05, 0.1) is 0 Å². The Balaban J connectivity index is 0. The Morgan fingerprint density at radius 1 is 0.571 bits per heavy atom. The molecule has 0 aromatic carbocycles. The number of hydrogen-bond donors (Lipinski definition) is 2. The minimum atomic E-state index is 0.833. The van der Waals surface area contributed by atoms with Crippen molar-refractivity contribution in [2.24, 2.45) is 11.8 Å². The lowest BCUT2D eigenvalue weighted by molar-refractivity contribution is 0.534. The van der Waals surface area contributed by atoms with E-state index in [0.29, 0.717) is 0 Å². The van der Waals surface area contributed by atoms with Crippen molar-refractivity contribution in [2.75, 3.05) is 26.2 Å². The zero-order valence-corrected chi connectivity index (χ0v) is 11.0. The maximum absolute atomic E-state index is 3.22. The summed E-state index contributed by atoms with van der Waals surface area (Å²) in [5, 5.41) is 6.44. The van der Waals surface area contributed by atoms with Gasteiger partial charge >= 0.3 is 0 Å². The van der Waals surface area contributed by atoms with Crippen molar-refractivity contribution in [1.29, 1.82) is 0 Å². The van der Waals surface area contributed by atoms with Gasteiger partial charge in [-0.3, -0.25) is 0 Å². The minimum absolute atomic E-state index is 0.833. The molecule has 0 bridgehead atoms. The molecule has 1 aliphatic rings. The second-order valence-electron chi connectivity index (χ2n) is 4.96. The van der Waals surface area contributed by atoms with Crippen molar-refractivity contribution in [3.8, 4) is 0 Å². The van der Waals surface area contributed by atoms with Crippen LogP contribution in [0, 0.1) is 11.8 Å². The van der Waals surface area contributed by atoms with Gasteiger partial charge < -0.3 is 10.6 Å². The normalized spacial score (nSPS) is 15.4.